The first-order chi connectivity index (χ1) is 10.3. The van der Waals surface area contributed by atoms with E-state index in [9.17, 15) is 44.7 Å². The summed E-state index contributed by atoms with van der Waals surface area (Å²) in [4.78, 5) is 21.0. The molecule has 23 heavy (non-hydrogen) atoms. The second kappa shape index (κ2) is 6.42. The highest BCUT2D eigenvalue weighted by molar-refractivity contribution is 6.19. The summed E-state index contributed by atoms with van der Waals surface area (Å²) in [6, 6.07) is 0. The van der Waals surface area contributed by atoms with E-state index in [1.54, 1.807) is 0 Å². The summed E-state index contributed by atoms with van der Waals surface area (Å²) in [6.07, 6.45) is -4.17. The van der Waals surface area contributed by atoms with E-state index >= 15 is 0 Å². The van der Waals surface area contributed by atoms with Crippen LogP contribution in [0.25, 0.3) is 0 Å². The minimum absolute atomic E-state index is 0.839. The highest BCUT2D eigenvalue weighted by Crippen LogP contribution is 2.51. The van der Waals surface area contributed by atoms with Crippen LogP contribution in [0.5, 0.6) is 0 Å². The Morgan fingerprint density at radius 1 is 0.870 bits per heavy atom. The van der Waals surface area contributed by atoms with Crippen molar-refractivity contribution in [1.29, 1.82) is 0 Å². The van der Waals surface area contributed by atoms with Gasteiger partial charge in [0.05, 0.1) is 0 Å². The van der Waals surface area contributed by atoms with Crippen molar-refractivity contribution in [3.05, 3.63) is 11.4 Å². The molecule has 1 fully saturated rings. The van der Waals surface area contributed by atoms with E-state index in [0.717, 1.165) is 18.5 Å². The standard InChI is InChI=1S/C7HF8NO2.C4H8O/c8-2-1(3(17)16-4(2)18)5(9,10)6(11,12)7(13,14)15;1-2-4-5-3-1/h(H,16,17,18);1-4H2. The van der Waals surface area contributed by atoms with Gasteiger partial charge in [0.2, 0.25) is 5.83 Å². The quantitative estimate of drug-likeness (QED) is 0.612. The number of carbonyl (C=O) groups is 2. The lowest BCUT2D eigenvalue weighted by Crippen LogP contribution is -2.54. The van der Waals surface area contributed by atoms with Gasteiger partial charge in [0.1, 0.15) is 5.57 Å². The Morgan fingerprint density at radius 2 is 1.35 bits per heavy atom. The first-order valence-electron chi connectivity index (χ1n) is 6.00. The molecule has 2 heterocycles. The summed E-state index contributed by atoms with van der Waals surface area (Å²) >= 11 is 0. The lowest BCUT2D eigenvalue weighted by Gasteiger charge is -2.27. The van der Waals surface area contributed by atoms with Crippen LogP contribution in [-0.2, 0) is 14.3 Å². The predicted molar refractivity (Wildman–Crippen MR) is 57.3 cm³/mol. The topological polar surface area (TPSA) is 55.4 Å². The zero-order valence-electron chi connectivity index (χ0n) is 11.1. The first kappa shape index (κ1) is 19.3. The van der Waals surface area contributed by atoms with E-state index in [-0.39, 0.29) is 0 Å². The molecule has 0 saturated carbocycles. The number of carbonyl (C=O) groups excluding carboxylic acids is 2. The van der Waals surface area contributed by atoms with Crippen molar-refractivity contribution in [2.24, 2.45) is 0 Å². The summed E-state index contributed by atoms with van der Waals surface area (Å²) in [5, 5.41) is 0.839. The SMILES string of the molecule is C1CCOC1.O=C1NC(=O)C(C(F)(F)C(F)(F)C(F)(F)F)=C1F. The summed E-state index contributed by atoms with van der Waals surface area (Å²) in [5.41, 5.74) is -2.84. The maximum Gasteiger partial charge on any atom is 0.460 e. The van der Waals surface area contributed by atoms with E-state index in [1.807, 2.05) is 0 Å². The van der Waals surface area contributed by atoms with E-state index in [0.29, 0.717) is 0 Å². The minimum atomic E-state index is -6.73. The molecule has 0 bridgehead atoms. The smallest absolute Gasteiger partial charge is 0.381 e. The third kappa shape index (κ3) is 3.62. The molecule has 0 aromatic heterocycles. The van der Waals surface area contributed by atoms with Gasteiger partial charge in [0.25, 0.3) is 11.8 Å². The molecule has 0 atom stereocenters. The van der Waals surface area contributed by atoms with Gasteiger partial charge in [-0.1, -0.05) is 0 Å². The lowest BCUT2D eigenvalue weighted by atomic mass is 10.0. The number of nitrogens with one attached hydrogen (secondary N) is 1. The van der Waals surface area contributed by atoms with Gasteiger partial charge >= 0.3 is 18.0 Å². The number of halogens is 8. The lowest BCUT2D eigenvalue weighted by molar-refractivity contribution is -0.344. The number of amides is 2. The van der Waals surface area contributed by atoms with Crippen molar-refractivity contribution in [1.82, 2.24) is 5.32 Å². The molecule has 132 valence electrons. The number of hydrogen-bond acceptors (Lipinski definition) is 3. The highest BCUT2D eigenvalue weighted by atomic mass is 19.4. The van der Waals surface area contributed by atoms with Gasteiger partial charge in [-0.25, -0.2) is 4.39 Å². The largest absolute Gasteiger partial charge is 0.460 e. The van der Waals surface area contributed by atoms with Gasteiger partial charge < -0.3 is 4.74 Å². The van der Waals surface area contributed by atoms with Crippen LogP contribution in [0.3, 0.4) is 0 Å². The van der Waals surface area contributed by atoms with Crippen LogP contribution in [0.4, 0.5) is 35.1 Å². The average Bonchev–Trinajstić information content (AvgIpc) is 3.01. The van der Waals surface area contributed by atoms with Crippen LogP contribution in [0.2, 0.25) is 0 Å². The Hall–Kier alpha value is -1.72. The predicted octanol–water partition coefficient (Wildman–Crippen LogP) is 2.50. The summed E-state index contributed by atoms with van der Waals surface area (Å²) < 4.78 is 104. The molecule has 0 radical (unpaired) electrons. The second-order valence-electron chi connectivity index (χ2n) is 4.44. The van der Waals surface area contributed by atoms with Crippen LogP contribution < -0.4 is 5.32 Å². The molecule has 1 N–H and O–H groups in total. The Labute approximate surface area is 123 Å². The van der Waals surface area contributed by atoms with Crippen molar-refractivity contribution in [3.8, 4) is 0 Å². The van der Waals surface area contributed by atoms with Crippen LogP contribution in [0.15, 0.2) is 11.4 Å². The fraction of sp³-hybridized carbons (Fsp3) is 0.636. The van der Waals surface area contributed by atoms with Crippen molar-refractivity contribution >= 4 is 11.8 Å². The van der Waals surface area contributed by atoms with Gasteiger partial charge in [-0.3, -0.25) is 14.9 Å². The zero-order chi connectivity index (χ0) is 18.1. The summed E-state index contributed by atoms with van der Waals surface area (Å²) in [7, 11) is 0. The number of imide groups is 1. The molecular formula is C11H9F8NO3. The number of rotatable bonds is 2. The maximum atomic E-state index is 12.9. The molecule has 0 aromatic carbocycles. The van der Waals surface area contributed by atoms with E-state index in [1.165, 1.54) is 12.8 Å². The molecular weight excluding hydrogens is 346 g/mol. The van der Waals surface area contributed by atoms with Crippen molar-refractivity contribution in [3.63, 3.8) is 0 Å². The third-order valence-corrected chi connectivity index (χ3v) is 2.76. The van der Waals surface area contributed by atoms with Gasteiger partial charge in [-0.2, -0.15) is 30.7 Å². The maximum absolute atomic E-state index is 12.9. The highest BCUT2D eigenvalue weighted by Gasteiger charge is 2.76. The molecule has 2 aliphatic heterocycles. The normalized spacial score (nSPS) is 19.7. The summed E-state index contributed by atoms with van der Waals surface area (Å²) in [6.45, 7) is 2.00. The molecule has 2 rings (SSSR count). The molecule has 1 saturated heterocycles. The van der Waals surface area contributed by atoms with Crippen LogP contribution in [0, 0.1) is 0 Å². The molecule has 0 aliphatic carbocycles. The number of ether oxygens (including phenoxy) is 1. The van der Waals surface area contributed by atoms with Crippen LogP contribution in [0.1, 0.15) is 12.8 Å². The molecule has 12 heteroatoms. The van der Waals surface area contributed by atoms with Gasteiger partial charge in [0, 0.05) is 13.2 Å². The van der Waals surface area contributed by atoms with Gasteiger partial charge in [-0.05, 0) is 12.8 Å². The number of hydrogen-bond donors (Lipinski definition) is 1. The van der Waals surface area contributed by atoms with E-state index < -0.39 is 41.2 Å². The Kier molecular flexibility index (Phi) is 5.39. The van der Waals surface area contributed by atoms with Gasteiger partial charge in [0.15, 0.2) is 0 Å². The molecule has 0 unspecified atom stereocenters. The molecule has 0 aromatic rings. The van der Waals surface area contributed by atoms with Crippen LogP contribution >= 0.6 is 0 Å². The van der Waals surface area contributed by atoms with E-state index in [4.69, 9.17) is 4.74 Å². The van der Waals surface area contributed by atoms with Gasteiger partial charge in [-0.15, -0.1) is 0 Å². The minimum Gasteiger partial charge on any atom is -0.381 e. The van der Waals surface area contributed by atoms with E-state index in [2.05, 4.69) is 0 Å². The van der Waals surface area contributed by atoms with Crippen LogP contribution in [-0.4, -0.2) is 43.0 Å². The van der Waals surface area contributed by atoms with Crippen molar-refractivity contribution in [2.45, 2.75) is 30.9 Å². The monoisotopic (exact) mass is 355 g/mol. The van der Waals surface area contributed by atoms with Crippen molar-refractivity contribution < 1.29 is 49.4 Å². The summed E-state index contributed by atoms with van der Waals surface area (Å²) in [5.74, 6) is -20.0. The second-order valence-corrected chi connectivity index (χ2v) is 4.44. The number of alkyl halides is 7. The fourth-order valence-corrected chi connectivity index (χ4v) is 1.56. The molecule has 2 amide bonds. The Bertz CT molecular complexity index is 514. The molecule has 2 aliphatic rings. The average molecular weight is 355 g/mol. The third-order valence-electron chi connectivity index (χ3n) is 2.76. The Morgan fingerprint density at radius 3 is 1.61 bits per heavy atom. The molecule has 0 spiro atoms. The zero-order valence-corrected chi connectivity index (χ0v) is 11.1. The Balaban J connectivity index is 0.000000446. The fourth-order valence-electron chi connectivity index (χ4n) is 1.56. The van der Waals surface area contributed by atoms with Crippen molar-refractivity contribution in [2.75, 3.05) is 13.2 Å². The first-order valence-corrected chi connectivity index (χ1v) is 6.00. The molecule has 4 nitrogen and oxygen atoms in total.